The molecule has 1 N–H and O–H groups in total. The van der Waals surface area contributed by atoms with Crippen LogP contribution in [-0.2, 0) is 4.79 Å². The molecular formula is C22H26N2O4S. The first-order valence-electron chi connectivity index (χ1n) is 9.65. The van der Waals surface area contributed by atoms with E-state index < -0.39 is 0 Å². The lowest BCUT2D eigenvalue weighted by molar-refractivity contribution is -0.134. The van der Waals surface area contributed by atoms with E-state index in [0.717, 1.165) is 18.4 Å². The van der Waals surface area contributed by atoms with Gasteiger partial charge in [0, 0.05) is 30.1 Å². The van der Waals surface area contributed by atoms with Crippen molar-refractivity contribution in [3.8, 4) is 11.5 Å². The second-order valence-corrected chi connectivity index (χ2v) is 7.62. The highest BCUT2D eigenvalue weighted by molar-refractivity contribution is 7.08. The van der Waals surface area contributed by atoms with E-state index in [1.165, 1.54) is 11.3 Å². The number of benzene rings is 1. The van der Waals surface area contributed by atoms with Gasteiger partial charge in [0.1, 0.15) is 0 Å². The lowest BCUT2D eigenvalue weighted by Gasteiger charge is -2.32. The highest BCUT2D eigenvalue weighted by Crippen LogP contribution is 2.28. The van der Waals surface area contributed by atoms with E-state index in [0.29, 0.717) is 30.2 Å². The van der Waals surface area contributed by atoms with Gasteiger partial charge in [0.25, 0.3) is 11.8 Å². The van der Waals surface area contributed by atoms with Gasteiger partial charge < -0.3 is 19.7 Å². The number of likely N-dealkylation sites (tertiary alicyclic amines) is 1. The maximum Gasteiger partial charge on any atom is 0.260 e. The van der Waals surface area contributed by atoms with Gasteiger partial charge in [-0.15, -0.1) is 0 Å². The van der Waals surface area contributed by atoms with Gasteiger partial charge in [0.15, 0.2) is 18.1 Å². The number of nitrogens with zero attached hydrogens (tertiary/aromatic N) is 1. The minimum atomic E-state index is -0.0628. The van der Waals surface area contributed by atoms with Crippen molar-refractivity contribution < 1.29 is 19.1 Å². The van der Waals surface area contributed by atoms with E-state index in [-0.39, 0.29) is 24.5 Å². The smallest absolute Gasteiger partial charge is 0.260 e. The van der Waals surface area contributed by atoms with Crippen LogP contribution in [0, 0.1) is 0 Å². The summed E-state index contributed by atoms with van der Waals surface area (Å²) >= 11 is 1.50. The van der Waals surface area contributed by atoms with Gasteiger partial charge in [-0.3, -0.25) is 9.59 Å². The quantitative estimate of drug-likeness (QED) is 0.752. The fraction of sp³-hybridized carbons (Fsp3) is 0.364. The fourth-order valence-electron chi connectivity index (χ4n) is 3.27. The summed E-state index contributed by atoms with van der Waals surface area (Å²) in [6, 6.07) is 7.51. The van der Waals surface area contributed by atoms with Crippen LogP contribution in [0.5, 0.6) is 11.5 Å². The molecule has 1 aromatic heterocycles. The van der Waals surface area contributed by atoms with Crippen LogP contribution in [0.2, 0.25) is 0 Å². The molecule has 0 bridgehead atoms. The number of rotatable bonds is 7. The van der Waals surface area contributed by atoms with E-state index in [1.807, 2.05) is 54.1 Å². The molecule has 29 heavy (non-hydrogen) atoms. The molecule has 7 heteroatoms. The van der Waals surface area contributed by atoms with Crippen LogP contribution >= 0.6 is 11.3 Å². The number of piperidine rings is 1. The van der Waals surface area contributed by atoms with Crippen LogP contribution in [0.1, 0.15) is 35.7 Å². The number of carbonyl (C=O) groups is 2. The summed E-state index contributed by atoms with van der Waals surface area (Å²) in [5, 5.41) is 6.77. The highest BCUT2D eigenvalue weighted by atomic mass is 32.1. The molecular weight excluding hydrogens is 388 g/mol. The minimum absolute atomic E-state index is 0.0365. The summed E-state index contributed by atoms with van der Waals surface area (Å²) < 4.78 is 11.1. The molecule has 2 aromatic rings. The van der Waals surface area contributed by atoms with Crippen LogP contribution in [0.25, 0.3) is 6.08 Å². The number of carbonyl (C=O) groups excluding carboxylic acids is 2. The number of thiophene rings is 1. The summed E-state index contributed by atoms with van der Waals surface area (Å²) in [4.78, 5) is 26.5. The topological polar surface area (TPSA) is 67.9 Å². The van der Waals surface area contributed by atoms with E-state index in [4.69, 9.17) is 9.47 Å². The standard InChI is InChI=1S/C22H26N2O4S/c1-3-4-16-5-6-19(20(13-16)27-2)28-14-21(25)24-10-7-18(8-11-24)23-22(26)17-9-12-29-15-17/h3-6,9,12-13,15,18H,7-8,10-11,14H2,1-2H3,(H,23,26)/b4-3+. The van der Waals surface area contributed by atoms with Gasteiger partial charge in [0.05, 0.1) is 7.11 Å². The normalized spacial score (nSPS) is 14.8. The molecule has 0 atom stereocenters. The second kappa shape index (κ2) is 10.1. The Bertz CT molecular complexity index is 856. The first kappa shape index (κ1) is 20.9. The third kappa shape index (κ3) is 5.60. The molecule has 0 aliphatic carbocycles. The third-order valence-corrected chi connectivity index (χ3v) is 5.55. The van der Waals surface area contributed by atoms with Crippen LogP contribution < -0.4 is 14.8 Å². The van der Waals surface area contributed by atoms with Crippen molar-refractivity contribution in [2.24, 2.45) is 0 Å². The number of methoxy groups -OCH3 is 1. The zero-order valence-electron chi connectivity index (χ0n) is 16.7. The van der Waals surface area contributed by atoms with E-state index in [2.05, 4.69) is 5.32 Å². The van der Waals surface area contributed by atoms with Crippen molar-refractivity contribution in [1.29, 1.82) is 0 Å². The predicted octanol–water partition coefficient (Wildman–Crippen LogP) is 3.59. The molecule has 1 aromatic carbocycles. The molecule has 1 aliphatic rings. The number of nitrogens with one attached hydrogen (secondary N) is 1. The molecule has 6 nitrogen and oxygen atoms in total. The molecule has 0 saturated carbocycles. The van der Waals surface area contributed by atoms with E-state index >= 15 is 0 Å². The van der Waals surface area contributed by atoms with Crippen molar-refractivity contribution in [3.05, 3.63) is 52.2 Å². The summed E-state index contributed by atoms with van der Waals surface area (Å²) in [6.07, 6.45) is 5.40. The van der Waals surface area contributed by atoms with Crippen molar-refractivity contribution in [3.63, 3.8) is 0 Å². The second-order valence-electron chi connectivity index (χ2n) is 6.84. The lowest BCUT2D eigenvalue weighted by Crippen LogP contribution is -2.47. The summed E-state index contributed by atoms with van der Waals surface area (Å²) in [6.45, 7) is 3.12. The molecule has 2 heterocycles. The average molecular weight is 415 g/mol. The maximum absolute atomic E-state index is 12.5. The van der Waals surface area contributed by atoms with Crippen LogP contribution in [0.4, 0.5) is 0 Å². The molecule has 1 aliphatic heterocycles. The first-order valence-corrected chi connectivity index (χ1v) is 10.6. The highest BCUT2D eigenvalue weighted by Gasteiger charge is 2.24. The van der Waals surface area contributed by atoms with Crippen LogP contribution in [-0.4, -0.2) is 49.6 Å². The lowest BCUT2D eigenvalue weighted by atomic mass is 10.0. The maximum atomic E-state index is 12.5. The fourth-order valence-corrected chi connectivity index (χ4v) is 3.90. The number of ether oxygens (including phenoxy) is 2. The van der Waals surface area contributed by atoms with Crippen LogP contribution in [0.15, 0.2) is 41.1 Å². The van der Waals surface area contributed by atoms with Crippen molar-refractivity contribution in [1.82, 2.24) is 10.2 Å². The van der Waals surface area contributed by atoms with Gasteiger partial charge in [-0.1, -0.05) is 18.2 Å². The number of hydrogen-bond donors (Lipinski definition) is 1. The third-order valence-electron chi connectivity index (χ3n) is 4.86. The van der Waals surface area contributed by atoms with Gasteiger partial charge in [-0.25, -0.2) is 0 Å². The van der Waals surface area contributed by atoms with Crippen LogP contribution in [0.3, 0.4) is 0 Å². The Balaban J connectivity index is 1.47. The van der Waals surface area contributed by atoms with Gasteiger partial charge in [-0.2, -0.15) is 11.3 Å². The zero-order chi connectivity index (χ0) is 20.6. The average Bonchev–Trinajstić information content (AvgIpc) is 3.28. The Morgan fingerprint density at radius 2 is 2.03 bits per heavy atom. The number of amides is 2. The Hall–Kier alpha value is -2.80. The molecule has 154 valence electrons. The van der Waals surface area contributed by atoms with Gasteiger partial charge in [0.2, 0.25) is 0 Å². The van der Waals surface area contributed by atoms with E-state index in [1.54, 1.807) is 12.0 Å². The van der Waals surface area contributed by atoms with Crippen molar-refractivity contribution >= 4 is 29.2 Å². The molecule has 0 unspecified atom stereocenters. The Labute approximate surface area is 175 Å². The molecule has 0 radical (unpaired) electrons. The summed E-state index contributed by atoms with van der Waals surface area (Å²) in [7, 11) is 1.58. The predicted molar refractivity (Wildman–Crippen MR) is 115 cm³/mol. The minimum Gasteiger partial charge on any atom is -0.493 e. The molecule has 1 saturated heterocycles. The Kier molecular flexibility index (Phi) is 7.30. The molecule has 3 rings (SSSR count). The molecule has 1 fully saturated rings. The summed E-state index contributed by atoms with van der Waals surface area (Å²) in [5.74, 6) is 1.04. The molecule has 0 spiro atoms. The van der Waals surface area contributed by atoms with E-state index in [9.17, 15) is 9.59 Å². The monoisotopic (exact) mass is 414 g/mol. The number of allylic oxidation sites excluding steroid dienone is 1. The van der Waals surface area contributed by atoms with Gasteiger partial charge in [-0.05, 0) is 48.9 Å². The van der Waals surface area contributed by atoms with Gasteiger partial charge >= 0.3 is 0 Å². The largest absolute Gasteiger partial charge is 0.493 e. The van der Waals surface area contributed by atoms with Crippen molar-refractivity contribution in [2.45, 2.75) is 25.8 Å². The SMILES string of the molecule is C/C=C/c1ccc(OCC(=O)N2CCC(NC(=O)c3ccsc3)CC2)c(OC)c1. The summed E-state index contributed by atoms with van der Waals surface area (Å²) in [5.41, 5.74) is 1.70. The Morgan fingerprint density at radius 1 is 1.24 bits per heavy atom. The number of hydrogen-bond acceptors (Lipinski definition) is 5. The Morgan fingerprint density at radius 3 is 2.69 bits per heavy atom. The molecule has 2 amide bonds. The first-order chi connectivity index (χ1) is 14.1. The van der Waals surface area contributed by atoms with Crippen molar-refractivity contribution in [2.75, 3.05) is 26.8 Å². The zero-order valence-corrected chi connectivity index (χ0v) is 17.5.